The van der Waals surface area contributed by atoms with Gasteiger partial charge in [-0.15, -0.1) is 0 Å². The lowest BCUT2D eigenvalue weighted by atomic mass is 10.2. The molecule has 0 aliphatic heterocycles. The second kappa shape index (κ2) is 8.39. The number of esters is 1. The predicted molar refractivity (Wildman–Crippen MR) is 98.3 cm³/mol. The van der Waals surface area contributed by atoms with E-state index in [2.05, 4.69) is 10.5 Å². The molecule has 0 bridgehead atoms. The summed E-state index contributed by atoms with van der Waals surface area (Å²) in [6.07, 6.45) is 1.59. The van der Waals surface area contributed by atoms with Gasteiger partial charge in [0.05, 0.1) is 26.1 Å². The van der Waals surface area contributed by atoms with E-state index in [0.29, 0.717) is 22.1 Å². The van der Waals surface area contributed by atoms with Crippen molar-refractivity contribution in [3.8, 4) is 17.2 Å². The van der Waals surface area contributed by atoms with Gasteiger partial charge in [-0.1, -0.05) is 17.7 Å². The summed E-state index contributed by atoms with van der Waals surface area (Å²) in [5, 5.41) is 4.83. The highest BCUT2D eigenvalue weighted by Crippen LogP contribution is 2.38. The van der Waals surface area contributed by atoms with Crippen LogP contribution in [-0.4, -0.2) is 26.4 Å². The highest BCUT2D eigenvalue weighted by Gasteiger charge is 2.15. The number of aryl methyl sites for hydroxylation is 1. The molecule has 25 heavy (non-hydrogen) atoms. The molecule has 2 aromatic rings. The average molecular weight is 363 g/mol. The van der Waals surface area contributed by atoms with Crippen LogP contribution in [0.3, 0.4) is 0 Å². The van der Waals surface area contributed by atoms with Crippen molar-refractivity contribution in [2.24, 2.45) is 5.10 Å². The smallest absolute Gasteiger partial charge is 0.308 e. The average Bonchev–Trinajstić information content (AvgIpc) is 2.58. The van der Waals surface area contributed by atoms with Crippen molar-refractivity contribution in [2.45, 2.75) is 13.8 Å². The molecule has 1 N–H and O–H groups in total. The first kappa shape index (κ1) is 18.6. The number of carbonyl (C=O) groups excluding carboxylic acids is 1. The van der Waals surface area contributed by atoms with Gasteiger partial charge in [-0.2, -0.15) is 5.10 Å². The molecule has 0 fully saturated rings. The maximum atomic E-state index is 11.2. The Balaban J connectivity index is 2.23. The third-order valence-electron chi connectivity index (χ3n) is 3.31. The number of rotatable bonds is 6. The minimum Gasteiger partial charge on any atom is -0.493 e. The molecule has 0 heterocycles. The summed E-state index contributed by atoms with van der Waals surface area (Å²) >= 11 is 6.08. The molecule has 0 unspecified atom stereocenters. The molecule has 0 atom stereocenters. The van der Waals surface area contributed by atoms with Crippen LogP contribution in [-0.2, 0) is 4.79 Å². The van der Waals surface area contributed by atoms with E-state index in [1.807, 2.05) is 19.1 Å². The van der Waals surface area contributed by atoms with Crippen LogP contribution in [0.25, 0.3) is 0 Å². The quantitative estimate of drug-likeness (QED) is 0.363. The lowest BCUT2D eigenvalue weighted by molar-refractivity contribution is -0.132. The second-order valence-corrected chi connectivity index (χ2v) is 5.59. The molecule has 0 amide bonds. The Bertz CT molecular complexity index is 781. The van der Waals surface area contributed by atoms with Crippen molar-refractivity contribution < 1.29 is 19.0 Å². The molecule has 0 saturated carbocycles. The van der Waals surface area contributed by atoms with Gasteiger partial charge in [-0.3, -0.25) is 10.2 Å². The van der Waals surface area contributed by atoms with E-state index < -0.39 is 5.97 Å². The summed E-state index contributed by atoms with van der Waals surface area (Å²) in [6.45, 7) is 3.24. The van der Waals surface area contributed by atoms with E-state index >= 15 is 0 Å². The highest BCUT2D eigenvalue weighted by atomic mass is 35.5. The standard InChI is InChI=1S/C18H19ClN2O4/c1-11-5-6-14(9-15(11)19)21-20-10-13-7-16(23-3)18(25-12(2)22)17(8-13)24-4/h5-10,21H,1-4H3/b20-10-. The minimum atomic E-state index is -0.462. The monoisotopic (exact) mass is 362 g/mol. The van der Waals surface area contributed by atoms with E-state index in [0.717, 1.165) is 11.3 Å². The molecule has 0 saturated heterocycles. The summed E-state index contributed by atoms with van der Waals surface area (Å²) in [5.74, 6) is 0.507. The Hall–Kier alpha value is -2.73. The molecular weight excluding hydrogens is 344 g/mol. The number of methoxy groups -OCH3 is 2. The maximum Gasteiger partial charge on any atom is 0.308 e. The number of halogens is 1. The van der Waals surface area contributed by atoms with Crippen molar-refractivity contribution in [1.29, 1.82) is 0 Å². The Morgan fingerprint density at radius 1 is 1.16 bits per heavy atom. The zero-order chi connectivity index (χ0) is 18.4. The topological polar surface area (TPSA) is 69.2 Å². The molecule has 0 spiro atoms. The number of nitrogens with one attached hydrogen (secondary N) is 1. The fourth-order valence-corrected chi connectivity index (χ4v) is 2.24. The number of ether oxygens (including phenoxy) is 3. The van der Waals surface area contributed by atoms with Crippen molar-refractivity contribution in [3.63, 3.8) is 0 Å². The number of hydrogen-bond donors (Lipinski definition) is 1. The van der Waals surface area contributed by atoms with E-state index in [4.69, 9.17) is 25.8 Å². The zero-order valence-electron chi connectivity index (χ0n) is 14.4. The highest BCUT2D eigenvalue weighted by molar-refractivity contribution is 6.31. The molecule has 6 nitrogen and oxygen atoms in total. The molecule has 7 heteroatoms. The molecule has 2 aromatic carbocycles. The molecule has 0 radical (unpaired) electrons. The first-order valence-electron chi connectivity index (χ1n) is 7.44. The Morgan fingerprint density at radius 2 is 1.80 bits per heavy atom. The van der Waals surface area contributed by atoms with Gasteiger partial charge < -0.3 is 14.2 Å². The largest absolute Gasteiger partial charge is 0.493 e. The third kappa shape index (κ3) is 4.87. The Kier molecular flexibility index (Phi) is 6.25. The van der Waals surface area contributed by atoms with Gasteiger partial charge in [0.2, 0.25) is 5.75 Å². The Labute approximate surface area is 151 Å². The fourth-order valence-electron chi connectivity index (χ4n) is 2.06. The number of hydrazone groups is 1. The number of hydrogen-bond acceptors (Lipinski definition) is 6. The van der Waals surface area contributed by atoms with Gasteiger partial charge in [0.25, 0.3) is 0 Å². The van der Waals surface area contributed by atoms with Crippen LogP contribution >= 0.6 is 11.6 Å². The molecule has 132 valence electrons. The van der Waals surface area contributed by atoms with Crippen LogP contribution < -0.4 is 19.6 Å². The van der Waals surface area contributed by atoms with Gasteiger partial charge in [0, 0.05) is 17.5 Å². The molecule has 0 aromatic heterocycles. The van der Waals surface area contributed by atoms with E-state index in [9.17, 15) is 4.79 Å². The van der Waals surface area contributed by atoms with Crippen LogP contribution in [0.2, 0.25) is 5.02 Å². The van der Waals surface area contributed by atoms with Gasteiger partial charge >= 0.3 is 5.97 Å². The molecular formula is C18H19ClN2O4. The maximum absolute atomic E-state index is 11.2. The van der Waals surface area contributed by atoms with Crippen LogP contribution in [0.1, 0.15) is 18.1 Å². The SMILES string of the molecule is COc1cc(/C=N\Nc2ccc(C)c(Cl)c2)cc(OC)c1OC(C)=O. The van der Waals surface area contributed by atoms with Gasteiger partial charge in [-0.05, 0) is 36.8 Å². The van der Waals surface area contributed by atoms with Gasteiger partial charge in [-0.25, -0.2) is 0 Å². The van der Waals surface area contributed by atoms with Gasteiger partial charge in [0.1, 0.15) is 0 Å². The van der Waals surface area contributed by atoms with Crippen molar-refractivity contribution in [3.05, 3.63) is 46.5 Å². The number of benzene rings is 2. The lowest BCUT2D eigenvalue weighted by Gasteiger charge is -2.13. The van der Waals surface area contributed by atoms with Crippen LogP contribution in [0.15, 0.2) is 35.4 Å². The lowest BCUT2D eigenvalue weighted by Crippen LogP contribution is -2.05. The van der Waals surface area contributed by atoms with E-state index in [1.165, 1.54) is 21.1 Å². The number of nitrogens with zero attached hydrogens (tertiary/aromatic N) is 1. The van der Waals surface area contributed by atoms with Crippen molar-refractivity contribution in [2.75, 3.05) is 19.6 Å². The summed E-state index contributed by atoms with van der Waals surface area (Å²) in [5.41, 5.74) is 5.36. The summed E-state index contributed by atoms with van der Waals surface area (Å²) in [4.78, 5) is 11.2. The Morgan fingerprint density at radius 3 is 2.32 bits per heavy atom. The van der Waals surface area contributed by atoms with Crippen molar-refractivity contribution in [1.82, 2.24) is 0 Å². The summed E-state index contributed by atoms with van der Waals surface area (Å²) < 4.78 is 15.7. The zero-order valence-corrected chi connectivity index (χ0v) is 15.2. The molecule has 0 aliphatic carbocycles. The minimum absolute atomic E-state index is 0.230. The normalized spacial score (nSPS) is 10.6. The molecule has 2 rings (SSSR count). The van der Waals surface area contributed by atoms with Crippen LogP contribution in [0.4, 0.5) is 5.69 Å². The second-order valence-electron chi connectivity index (χ2n) is 5.18. The van der Waals surface area contributed by atoms with Crippen LogP contribution in [0, 0.1) is 6.92 Å². The van der Waals surface area contributed by atoms with Gasteiger partial charge in [0.15, 0.2) is 11.5 Å². The fraction of sp³-hybridized carbons (Fsp3) is 0.222. The van der Waals surface area contributed by atoms with E-state index in [1.54, 1.807) is 24.4 Å². The number of carbonyl (C=O) groups is 1. The van der Waals surface area contributed by atoms with Crippen molar-refractivity contribution >= 4 is 29.5 Å². The summed E-state index contributed by atoms with van der Waals surface area (Å²) in [6, 6.07) is 8.95. The predicted octanol–water partition coefficient (Wildman–Crippen LogP) is 4.04. The first-order valence-corrected chi connectivity index (χ1v) is 7.82. The third-order valence-corrected chi connectivity index (χ3v) is 3.72. The number of anilines is 1. The van der Waals surface area contributed by atoms with Crippen LogP contribution in [0.5, 0.6) is 17.2 Å². The summed E-state index contributed by atoms with van der Waals surface area (Å²) in [7, 11) is 2.96. The van der Waals surface area contributed by atoms with E-state index in [-0.39, 0.29) is 5.75 Å². The first-order chi connectivity index (χ1) is 11.9. The molecule has 0 aliphatic rings.